The zero-order valence-electron chi connectivity index (χ0n) is 14.0. The Balaban J connectivity index is 2.75. The number of allylic oxidation sites excluding steroid dienone is 2. The van der Waals surface area contributed by atoms with E-state index in [4.69, 9.17) is 9.47 Å². The van der Waals surface area contributed by atoms with Crippen LogP contribution in [0.15, 0.2) is 54.3 Å². The molecule has 0 radical (unpaired) electrons. The highest BCUT2D eigenvalue weighted by molar-refractivity contribution is 5.81. The van der Waals surface area contributed by atoms with E-state index in [2.05, 4.69) is 39.0 Å². The van der Waals surface area contributed by atoms with Crippen molar-refractivity contribution >= 4 is 5.97 Å². The monoisotopic (exact) mass is 302 g/mol. The summed E-state index contributed by atoms with van der Waals surface area (Å²) in [6.45, 7) is 8.99. The summed E-state index contributed by atoms with van der Waals surface area (Å²) in [5, 5.41) is 0. The van der Waals surface area contributed by atoms with E-state index in [1.54, 1.807) is 6.92 Å². The van der Waals surface area contributed by atoms with Crippen molar-refractivity contribution in [2.45, 2.75) is 39.5 Å². The molecule has 0 aliphatic carbocycles. The molecule has 0 aliphatic rings. The van der Waals surface area contributed by atoms with E-state index in [0.717, 1.165) is 6.42 Å². The Morgan fingerprint density at radius 3 is 2.50 bits per heavy atom. The molecule has 1 aromatic carbocycles. The lowest BCUT2D eigenvalue weighted by Gasteiger charge is -2.28. The number of ether oxygens (including phenoxy) is 2. The summed E-state index contributed by atoms with van der Waals surface area (Å²) >= 11 is 0. The number of carbonyl (C=O) groups is 1. The van der Waals surface area contributed by atoms with E-state index in [1.165, 1.54) is 23.5 Å². The maximum Gasteiger partial charge on any atom is 0.333 e. The third-order valence-corrected chi connectivity index (χ3v) is 3.42. The Labute approximate surface area is 133 Å². The molecule has 0 aliphatic heterocycles. The number of benzene rings is 1. The van der Waals surface area contributed by atoms with Crippen LogP contribution >= 0.6 is 0 Å². The van der Waals surface area contributed by atoms with E-state index < -0.39 is 0 Å². The van der Waals surface area contributed by atoms with Gasteiger partial charge in [-0.15, -0.1) is 0 Å². The standard InChI is InChI=1S/C19H26O3/c1-5-22-18(20)12-14-21-15-19(4,13-11-16(2)3)17-9-7-6-8-10-17/h6-12,14H,5,13,15H2,1-4H3/b14-12+. The molecule has 0 bridgehead atoms. The summed E-state index contributed by atoms with van der Waals surface area (Å²) in [6.07, 6.45) is 5.83. The highest BCUT2D eigenvalue weighted by atomic mass is 16.5. The van der Waals surface area contributed by atoms with Gasteiger partial charge in [0, 0.05) is 5.41 Å². The molecular weight excluding hydrogens is 276 g/mol. The van der Waals surface area contributed by atoms with Crippen LogP contribution in [0.1, 0.15) is 39.7 Å². The van der Waals surface area contributed by atoms with E-state index >= 15 is 0 Å². The van der Waals surface area contributed by atoms with E-state index in [1.807, 2.05) is 18.2 Å². The first kappa shape index (κ1) is 18.0. The van der Waals surface area contributed by atoms with Gasteiger partial charge in [-0.2, -0.15) is 0 Å². The van der Waals surface area contributed by atoms with Gasteiger partial charge in [-0.1, -0.05) is 48.9 Å². The summed E-state index contributed by atoms with van der Waals surface area (Å²) in [6, 6.07) is 10.3. The normalized spacial score (nSPS) is 13.5. The molecule has 1 atom stereocenters. The Kier molecular flexibility index (Phi) is 7.44. The smallest absolute Gasteiger partial charge is 0.333 e. The average Bonchev–Trinajstić information content (AvgIpc) is 2.51. The van der Waals surface area contributed by atoms with Crippen LogP contribution in [0, 0.1) is 0 Å². The van der Waals surface area contributed by atoms with Crippen LogP contribution in [-0.4, -0.2) is 19.2 Å². The molecule has 0 amide bonds. The maximum absolute atomic E-state index is 11.3. The predicted molar refractivity (Wildman–Crippen MR) is 89.6 cm³/mol. The minimum Gasteiger partial charge on any atom is -0.500 e. The van der Waals surface area contributed by atoms with Crippen molar-refractivity contribution < 1.29 is 14.3 Å². The lowest BCUT2D eigenvalue weighted by Crippen LogP contribution is -2.27. The summed E-state index contributed by atoms with van der Waals surface area (Å²) in [7, 11) is 0. The van der Waals surface area contributed by atoms with Crippen LogP contribution in [0.3, 0.4) is 0 Å². The first-order chi connectivity index (χ1) is 10.5. The minimum atomic E-state index is -0.381. The topological polar surface area (TPSA) is 35.5 Å². The van der Waals surface area contributed by atoms with Gasteiger partial charge in [-0.25, -0.2) is 4.79 Å². The minimum absolute atomic E-state index is 0.141. The van der Waals surface area contributed by atoms with Crippen molar-refractivity contribution in [2.24, 2.45) is 0 Å². The molecule has 0 N–H and O–H groups in total. The quantitative estimate of drug-likeness (QED) is 0.309. The van der Waals surface area contributed by atoms with Crippen LogP contribution in [0.5, 0.6) is 0 Å². The van der Waals surface area contributed by atoms with Crippen molar-refractivity contribution in [3.8, 4) is 0 Å². The molecule has 0 heterocycles. The van der Waals surface area contributed by atoms with Crippen LogP contribution < -0.4 is 0 Å². The molecule has 120 valence electrons. The summed E-state index contributed by atoms with van der Waals surface area (Å²) in [5.41, 5.74) is 2.36. The van der Waals surface area contributed by atoms with Crippen LogP contribution in [0.25, 0.3) is 0 Å². The fourth-order valence-electron chi connectivity index (χ4n) is 2.06. The van der Waals surface area contributed by atoms with Crippen molar-refractivity contribution in [1.82, 2.24) is 0 Å². The third-order valence-electron chi connectivity index (χ3n) is 3.42. The predicted octanol–water partition coefficient (Wildman–Crippen LogP) is 4.39. The van der Waals surface area contributed by atoms with Gasteiger partial charge < -0.3 is 9.47 Å². The molecule has 1 aromatic rings. The zero-order chi connectivity index (χ0) is 16.4. The highest BCUT2D eigenvalue weighted by Gasteiger charge is 2.26. The number of hydrogen-bond acceptors (Lipinski definition) is 3. The summed E-state index contributed by atoms with van der Waals surface area (Å²) < 4.78 is 10.4. The Morgan fingerprint density at radius 2 is 1.91 bits per heavy atom. The first-order valence-electron chi connectivity index (χ1n) is 7.62. The van der Waals surface area contributed by atoms with Gasteiger partial charge >= 0.3 is 5.97 Å². The second kappa shape index (κ2) is 9.08. The molecule has 0 aromatic heterocycles. The van der Waals surface area contributed by atoms with Gasteiger partial charge in [-0.3, -0.25) is 0 Å². The summed E-state index contributed by atoms with van der Waals surface area (Å²) in [4.78, 5) is 11.3. The molecule has 3 nitrogen and oxygen atoms in total. The van der Waals surface area contributed by atoms with Crippen molar-refractivity contribution in [3.05, 3.63) is 59.9 Å². The SMILES string of the molecule is CCOC(=O)/C=C/OCC(C)(CC=C(C)C)c1ccccc1. The number of hydrogen-bond donors (Lipinski definition) is 0. The van der Waals surface area contributed by atoms with E-state index in [-0.39, 0.29) is 11.4 Å². The number of rotatable bonds is 8. The maximum atomic E-state index is 11.3. The Hall–Kier alpha value is -2.03. The van der Waals surface area contributed by atoms with Gasteiger partial charge in [0.15, 0.2) is 0 Å². The van der Waals surface area contributed by atoms with Gasteiger partial charge in [-0.05, 0) is 32.8 Å². The molecule has 3 heteroatoms. The summed E-state index contributed by atoms with van der Waals surface area (Å²) in [5.74, 6) is -0.381. The van der Waals surface area contributed by atoms with Gasteiger partial charge in [0.2, 0.25) is 0 Å². The Bertz CT molecular complexity index is 513. The molecule has 0 spiro atoms. The highest BCUT2D eigenvalue weighted by Crippen LogP contribution is 2.29. The number of esters is 1. The Morgan fingerprint density at radius 1 is 1.23 bits per heavy atom. The van der Waals surface area contributed by atoms with Gasteiger partial charge in [0.25, 0.3) is 0 Å². The van der Waals surface area contributed by atoms with Gasteiger partial charge in [0.05, 0.1) is 25.6 Å². The second-order valence-corrected chi connectivity index (χ2v) is 5.78. The molecule has 1 unspecified atom stereocenters. The largest absolute Gasteiger partial charge is 0.500 e. The fraction of sp³-hybridized carbons (Fsp3) is 0.421. The first-order valence-corrected chi connectivity index (χ1v) is 7.62. The zero-order valence-corrected chi connectivity index (χ0v) is 14.0. The fourth-order valence-corrected chi connectivity index (χ4v) is 2.06. The average molecular weight is 302 g/mol. The number of carbonyl (C=O) groups excluding carboxylic acids is 1. The van der Waals surface area contributed by atoms with Crippen LogP contribution in [0.2, 0.25) is 0 Å². The molecule has 0 saturated carbocycles. The van der Waals surface area contributed by atoms with E-state index in [9.17, 15) is 4.79 Å². The molecule has 0 fully saturated rings. The van der Waals surface area contributed by atoms with Crippen LogP contribution in [-0.2, 0) is 19.7 Å². The van der Waals surface area contributed by atoms with Crippen molar-refractivity contribution in [2.75, 3.05) is 13.2 Å². The van der Waals surface area contributed by atoms with Gasteiger partial charge in [0.1, 0.15) is 0 Å². The third kappa shape index (κ3) is 6.17. The van der Waals surface area contributed by atoms with Crippen molar-refractivity contribution in [1.29, 1.82) is 0 Å². The molecule has 1 rings (SSSR count). The lowest BCUT2D eigenvalue weighted by molar-refractivity contribution is -0.137. The second-order valence-electron chi connectivity index (χ2n) is 5.78. The molecule has 22 heavy (non-hydrogen) atoms. The van der Waals surface area contributed by atoms with Crippen molar-refractivity contribution in [3.63, 3.8) is 0 Å². The molecule has 0 saturated heterocycles. The van der Waals surface area contributed by atoms with E-state index in [0.29, 0.717) is 13.2 Å². The van der Waals surface area contributed by atoms with Crippen LogP contribution in [0.4, 0.5) is 0 Å². The molecular formula is C19H26O3. The lowest BCUT2D eigenvalue weighted by atomic mass is 9.80.